The Morgan fingerprint density at radius 3 is 2.55 bits per heavy atom. The second-order valence-electron chi connectivity index (χ2n) is 7.36. The zero-order chi connectivity index (χ0) is 15.5. The van der Waals surface area contributed by atoms with Crippen LogP contribution in [-0.2, 0) is 9.59 Å². The zero-order valence-electron chi connectivity index (χ0n) is 13.7. The summed E-state index contributed by atoms with van der Waals surface area (Å²) in [7, 11) is 1.87. The van der Waals surface area contributed by atoms with E-state index < -0.39 is 0 Å². The molecule has 124 valence electrons. The van der Waals surface area contributed by atoms with Crippen LogP contribution in [0.3, 0.4) is 0 Å². The normalized spacial score (nSPS) is 28.4. The van der Waals surface area contributed by atoms with E-state index in [-0.39, 0.29) is 11.8 Å². The number of rotatable bonds is 5. The van der Waals surface area contributed by atoms with Gasteiger partial charge in [-0.3, -0.25) is 14.5 Å². The van der Waals surface area contributed by atoms with Gasteiger partial charge < -0.3 is 10.2 Å². The molecule has 3 aliphatic rings. The lowest BCUT2D eigenvalue weighted by Crippen LogP contribution is -2.52. The maximum Gasteiger partial charge on any atom is 0.237 e. The van der Waals surface area contributed by atoms with E-state index in [9.17, 15) is 9.59 Å². The van der Waals surface area contributed by atoms with E-state index in [1.165, 1.54) is 32.1 Å². The molecule has 0 aromatic rings. The summed E-state index contributed by atoms with van der Waals surface area (Å²) < 4.78 is 0. The molecule has 22 heavy (non-hydrogen) atoms. The zero-order valence-corrected chi connectivity index (χ0v) is 13.7. The highest BCUT2D eigenvalue weighted by atomic mass is 16.2. The number of hydrogen-bond donors (Lipinski definition) is 1. The van der Waals surface area contributed by atoms with Gasteiger partial charge in [0.2, 0.25) is 11.8 Å². The highest BCUT2D eigenvalue weighted by Gasteiger charge is 2.35. The van der Waals surface area contributed by atoms with Crippen LogP contribution in [0, 0.1) is 5.92 Å². The van der Waals surface area contributed by atoms with Crippen LogP contribution in [-0.4, -0.2) is 60.4 Å². The first kappa shape index (κ1) is 15.8. The van der Waals surface area contributed by atoms with Gasteiger partial charge in [0.25, 0.3) is 0 Å². The molecule has 0 spiro atoms. The number of carbonyl (C=O) groups excluding carboxylic acids is 2. The van der Waals surface area contributed by atoms with Gasteiger partial charge in [0.15, 0.2) is 0 Å². The maximum atomic E-state index is 12.6. The van der Waals surface area contributed by atoms with E-state index in [2.05, 4.69) is 10.2 Å². The number of likely N-dealkylation sites (N-methyl/N-ethyl adjacent to an activating group) is 1. The summed E-state index contributed by atoms with van der Waals surface area (Å²) in [4.78, 5) is 28.4. The second-order valence-corrected chi connectivity index (χ2v) is 7.36. The lowest BCUT2D eigenvalue weighted by atomic mass is 9.78. The highest BCUT2D eigenvalue weighted by molar-refractivity contribution is 5.81. The molecular formula is C17H29N3O2. The van der Waals surface area contributed by atoms with Gasteiger partial charge in [-0.25, -0.2) is 0 Å². The lowest BCUT2D eigenvalue weighted by Gasteiger charge is -2.44. The Kier molecular flexibility index (Phi) is 5.01. The summed E-state index contributed by atoms with van der Waals surface area (Å²) in [5, 5.41) is 2.98. The van der Waals surface area contributed by atoms with Crippen molar-refractivity contribution in [3.63, 3.8) is 0 Å². The molecule has 3 rings (SSSR count). The van der Waals surface area contributed by atoms with Crippen molar-refractivity contribution in [2.45, 2.75) is 63.5 Å². The molecule has 1 aliphatic heterocycles. The molecule has 2 amide bonds. The number of nitrogens with one attached hydrogen (secondary N) is 1. The minimum atomic E-state index is 0.0481. The molecule has 2 saturated carbocycles. The van der Waals surface area contributed by atoms with E-state index in [0.717, 1.165) is 31.7 Å². The summed E-state index contributed by atoms with van der Waals surface area (Å²) >= 11 is 0. The summed E-state index contributed by atoms with van der Waals surface area (Å²) in [5.74, 6) is 0.972. The van der Waals surface area contributed by atoms with Crippen molar-refractivity contribution in [3.8, 4) is 0 Å². The summed E-state index contributed by atoms with van der Waals surface area (Å²) in [6.45, 7) is 1.59. The molecule has 0 unspecified atom stereocenters. The van der Waals surface area contributed by atoms with Crippen molar-refractivity contribution >= 4 is 11.8 Å². The second kappa shape index (κ2) is 6.99. The Morgan fingerprint density at radius 1 is 1.05 bits per heavy atom. The SMILES string of the molecule is CN(CC(=O)NC1CC1)CC(=O)N1CCC[C@H]2CCCC[C@@H]21. The average molecular weight is 307 g/mol. The van der Waals surface area contributed by atoms with E-state index in [1.54, 1.807) is 0 Å². The summed E-state index contributed by atoms with van der Waals surface area (Å²) in [6.07, 6.45) is 9.66. The number of amides is 2. The van der Waals surface area contributed by atoms with Crippen LogP contribution in [0.25, 0.3) is 0 Å². The summed E-state index contributed by atoms with van der Waals surface area (Å²) in [5.41, 5.74) is 0. The highest BCUT2D eigenvalue weighted by Crippen LogP contribution is 2.35. The standard InChI is InChI=1S/C17H29N3O2/c1-19(11-16(21)18-14-8-9-14)12-17(22)20-10-4-6-13-5-2-3-7-15(13)20/h13-15H,2-12H2,1H3,(H,18,21)/t13-,15+/m1/s1. The third-order valence-electron chi connectivity index (χ3n) is 5.32. The van der Waals surface area contributed by atoms with Gasteiger partial charge in [-0.1, -0.05) is 12.8 Å². The minimum Gasteiger partial charge on any atom is -0.352 e. The van der Waals surface area contributed by atoms with Crippen LogP contribution in [0.2, 0.25) is 0 Å². The third-order valence-corrected chi connectivity index (χ3v) is 5.32. The molecule has 0 aromatic heterocycles. The van der Waals surface area contributed by atoms with Crippen LogP contribution in [0.5, 0.6) is 0 Å². The Bertz CT molecular complexity index is 420. The van der Waals surface area contributed by atoms with E-state index in [1.807, 2.05) is 11.9 Å². The van der Waals surface area contributed by atoms with Gasteiger partial charge in [-0.05, 0) is 51.5 Å². The van der Waals surface area contributed by atoms with Crippen molar-refractivity contribution < 1.29 is 9.59 Å². The van der Waals surface area contributed by atoms with Crippen molar-refractivity contribution in [3.05, 3.63) is 0 Å². The number of fused-ring (bicyclic) bond motifs is 1. The first-order valence-electron chi connectivity index (χ1n) is 8.91. The van der Waals surface area contributed by atoms with E-state index in [4.69, 9.17) is 0 Å². The number of likely N-dealkylation sites (tertiary alicyclic amines) is 1. The minimum absolute atomic E-state index is 0.0481. The number of hydrogen-bond acceptors (Lipinski definition) is 3. The molecule has 1 N–H and O–H groups in total. The molecule has 2 atom stereocenters. The van der Waals surface area contributed by atoms with Gasteiger partial charge in [0.1, 0.15) is 0 Å². The van der Waals surface area contributed by atoms with E-state index in [0.29, 0.717) is 25.2 Å². The molecule has 2 aliphatic carbocycles. The lowest BCUT2D eigenvalue weighted by molar-refractivity contribution is -0.138. The summed E-state index contributed by atoms with van der Waals surface area (Å²) in [6, 6.07) is 0.852. The van der Waals surface area contributed by atoms with Crippen molar-refractivity contribution in [2.24, 2.45) is 5.92 Å². The smallest absolute Gasteiger partial charge is 0.237 e. The molecule has 0 radical (unpaired) electrons. The van der Waals surface area contributed by atoms with Gasteiger partial charge >= 0.3 is 0 Å². The maximum absolute atomic E-state index is 12.6. The van der Waals surface area contributed by atoms with Crippen LogP contribution in [0.4, 0.5) is 0 Å². The van der Waals surface area contributed by atoms with Crippen LogP contribution in [0.15, 0.2) is 0 Å². The monoisotopic (exact) mass is 307 g/mol. The first-order chi connectivity index (χ1) is 10.6. The molecular weight excluding hydrogens is 278 g/mol. The Morgan fingerprint density at radius 2 is 1.77 bits per heavy atom. The fourth-order valence-electron chi connectivity index (χ4n) is 4.06. The van der Waals surface area contributed by atoms with E-state index >= 15 is 0 Å². The Balaban J connectivity index is 1.48. The molecule has 0 aromatic carbocycles. The van der Waals surface area contributed by atoms with Crippen LogP contribution < -0.4 is 5.32 Å². The van der Waals surface area contributed by atoms with Gasteiger partial charge in [0.05, 0.1) is 13.1 Å². The third kappa shape index (κ3) is 4.00. The van der Waals surface area contributed by atoms with Crippen LogP contribution >= 0.6 is 0 Å². The fourth-order valence-corrected chi connectivity index (χ4v) is 4.06. The Hall–Kier alpha value is -1.10. The first-order valence-corrected chi connectivity index (χ1v) is 8.91. The number of carbonyl (C=O) groups is 2. The number of piperidine rings is 1. The molecule has 1 saturated heterocycles. The van der Waals surface area contributed by atoms with Gasteiger partial charge in [-0.15, -0.1) is 0 Å². The van der Waals surface area contributed by atoms with Crippen molar-refractivity contribution in [2.75, 3.05) is 26.7 Å². The predicted octanol–water partition coefficient (Wildman–Crippen LogP) is 1.38. The average Bonchev–Trinajstić information content (AvgIpc) is 3.30. The molecule has 5 heteroatoms. The van der Waals surface area contributed by atoms with Crippen molar-refractivity contribution in [1.82, 2.24) is 15.1 Å². The molecule has 3 fully saturated rings. The number of nitrogens with zero attached hydrogens (tertiary/aromatic N) is 2. The quantitative estimate of drug-likeness (QED) is 0.835. The molecule has 1 heterocycles. The topological polar surface area (TPSA) is 52.7 Å². The van der Waals surface area contributed by atoms with Gasteiger partial charge in [0, 0.05) is 18.6 Å². The molecule has 5 nitrogen and oxygen atoms in total. The van der Waals surface area contributed by atoms with Crippen LogP contribution in [0.1, 0.15) is 51.4 Å². The van der Waals surface area contributed by atoms with Crippen molar-refractivity contribution in [1.29, 1.82) is 0 Å². The Labute approximate surface area is 133 Å². The fraction of sp³-hybridized carbons (Fsp3) is 0.882. The molecule has 0 bridgehead atoms. The largest absolute Gasteiger partial charge is 0.352 e. The van der Waals surface area contributed by atoms with Gasteiger partial charge in [-0.2, -0.15) is 0 Å². The predicted molar refractivity (Wildman–Crippen MR) is 85.4 cm³/mol.